The second-order valence-corrected chi connectivity index (χ2v) is 5.63. The Bertz CT molecular complexity index is 543. The summed E-state index contributed by atoms with van der Waals surface area (Å²) < 4.78 is 43.2. The van der Waals surface area contributed by atoms with Crippen LogP contribution in [0.4, 0.5) is 18.0 Å². The molecule has 2 amide bonds. The molecule has 0 unspecified atom stereocenters. The van der Waals surface area contributed by atoms with Crippen LogP contribution < -0.4 is 10.1 Å². The van der Waals surface area contributed by atoms with Gasteiger partial charge in [0, 0.05) is 38.2 Å². The molecule has 0 bridgehead atoms. The molecule has 2 rings (SSSR count). The Labute approximate surface area is 132 Å². The van der Waals surface area contributed by atoms with Crippen LogP contribution >= 0.6 is 0 Å². The van der Waals surface area contributed by atoms with Crippen molar-refractivity contribution in [2.45, 2.75) is 45.0 Å². The van der Waals surface area contributed by atoms with E-state index in [-0.39, 0.29) is 24.2 Å². The van der Waals surface area contributed by atoms with E-state index in [0.29, 0.717) is 25.9 Å². The summed E-state index contributed by atoms with van der Waals surface area (Å²) in [4.78, 5) is 20.6. The number of hydrogen-bond donors (Lipinski definition) is 1. The Kier molecular flexibility index (Phi) is 5.27. The van der Waals surface area contributed by atoms with Gasteiger partial charge < -0.3 is 15.0 Å². The quantitative estimate of drug-likeness (QED) is 0.923. The van der Waals surface area contributed by atoms with Crippen molar-refractivity contribution in [2.24, 2.45) is 0 Å². The maximum Gasteiger partial charge on any atom is 0.433 e. The van der Waals surface area contributed by atoms with E-state index in [1.165, 1.54) is 0 Å². The Morgan fingerprint density at radius 3 is 2.61 bits per heavy atom. The fourth-order valence-electron chi connectivity index (χ4n) is 2.22. The van der Waals surface area contributed by atoms with Crippen LogP contribution in [-0.4, -0.2) is 46.1 Å². The fourth-order valence-corrected chi connectivity index (χ4v) is 2.22. The minimum atomic E-state index is -4.53. The molecule has 6 nitrogen and oxygen atoms in total. The van der Waals surface area contributed by atoms with E-state index in [0.717, 1.165) is 12.3 Å². The summed E-state index contributed by atoms with van der Waals surface area (Å²) in [5, 5.41) is 2.80. The van der Waals surface area contributed by atoms with E-state index < -0.39 is 11.9 Å². The number of amides is 2. The molecule has 1 aromatic heterocycles. The molecule has 1 aliphatic rings. The van der Waals surface area contributed by atoms with E-state index in [4.69, 9.17) is 4.74 Å². The molecule has 1 saturated heterocycles. The van der Waals surface area contributed by atoms with E-state index in [1.807, 2.05) is 13.8 Å². The Morgan fingerprint density at radius 2 is 2.04 bits per heavy atom. The minimum Gasteiger partial charge on any atom is -0.460 e. The number of likely N-dealkylation sites (tertiary alicyclic amines) is 1. The molecule has 0 saturated carbocycles. The number of nitrogens with one attached hydrogen (secondary N) is 1. The lowest BCUT2D eigenvalue weighted by molar-refractivity contribution is -0.141. The molecule has 0 aliphatic carbocycles. The first-order chi connectivity index (χ1) is 10.8. The van der Waals surface area contributed by atoms with Crippen LogP contribution in [0.5, 0.6) is 6.01 Å². The largest absolute Gasteiger partial charge is 0.460 e. The summed E-state index contributed by atoms with van der Waals surface area (Å²) in [6.07, 6.45) is -2.77. The predicted octanol–water partition coefficient (Wildman–Crippen LogP) is 2.46. The molecular formula is C14H19F3N4O2. The molecule has 1 aromatic rings. The van der Waals surface area contributed by atoms with Crippen LogP contribution in [0.3, 0.4) is 0 Å². The molecule has 0 radical (unpaired) electrons. The second kappa shape index (κ2) is 7.01. The second-order valence-electron chi connectivity index (χ2n) is 5.63. The molecule has 23 heavy (non-hydrogen) atoms. The number of ether oxygens (including phenoxy) is 1. The van der Waals surface area contributed by atoms with Crippen molar-refractivity contribution in [1.82, 2.24) is 20.2 Å². The van der Waals surface area contributed by atoms with Crippen molar-refractivity contribution in [3.8, 4) is 6.01 Å². The molecule has 0 aromatic carbocycles. The molecule has 1 fully saturated rings. The van der Waals surface area contributed by atoms with Crippen LogP contribution in [0.25, 0.3) is 0 Å². The first-order valence-electron chi connectivity index (χ1n) is 7.38. The zero-order valence-corrected chi connectivity index (χ0v) is 12.9. The van der Waals surface area contributed by atoms with Crippen molar-refractivity contribution in [3.05, 3.63) is 18.0 Å². The maximum absolute atomic E-state index is 12.6. The van der Waals surface area contributed by atoms with Gasteiger partial charge in [-0.1, -0.05) is 0 Å². The highest BCUT2D eigenvalue weighted by molar-refractivity contribution is 5.74. The third kappa shape index (κ3) is 4.97. The number of halogens is 3. The van der Waals surface area contributed by atoms with Crippen molar-refractivity contribution in [3.63, 3.8) is 0 Å². The lowest BCUT2D eigenvalue weighted by Gasteiger charge is -2.32. The number of nitrogens with zero attached hydrogens (tertiary/aromatic N) is 3. The zero-order chi connectivity index (χ0) is 17.0. The molecule has 0 spiro atoms. The summed E-state index contributed by atoms with van der Waals surface area (Å²) in [5.41, 5.74) is -1.03. The normalized spacial score (nSPS) is 16.5. The summed E-state index contributed by atoms with van der Waals surface area (Å²) in [7, 11) is 0. The van der Waals surface area contributed by atoms with Gasteiger partial charge in [-0.2, -0.15) is 18.2 Å². The number of piperidine rings is 1. The summed E-state index contributed by atoms with van der Waals surface area (Å²) in [6.45, 7) is 4.70. The number of rotatable bonds is 3. The van der Waals surface area contributed by atoms with Crippen molar-refractivity contribution in [1.29, 1.82) is 0 Å². The number of carbonyl (C=O) groups excluding carboxylic acids is 1. The van der Waals surface area contributed by atoms with E-state index >= 15 is 0 Å². The van der Waals surface area contributed by atoms with Crippen LogP contribution in [0, 0.1) is 0 Å². The maximum atomic E-state index is 12.6. The van der Waals surface area contributed by atoms with E-state index in [2.05, 4.69) is 15.3 Å². The number of urea groups is 1. The van der Waals surface area contributed by atoms with Crippen LogP contribution in [0.2, 0.25) is 0 Å². The van der Waals surface area contributed by atoms with Gasteiger partial charge >= 0.3 is 18.2 Å². The molecular weight excluding hydrogens is 313 g/mol. The van der Waals surface area contributed by atoms with Gasteiger partial charge in [-0.15, -0.1) is 0 Å². The summed E-state index contributed by atoms with van der Waals surface area (Å²) >= 11 is 0. The smallest absolute Gasteiger partial charge is 0.433 e. The Balaban J connectivity index is 1.88. The molecule has 1 N–H and O–H groups in total. The zero-order valence-electron chi connectivity index (χ0n) is 12.9. The molecule has 9 heteroatoms. The van der Waals surface area contributed by atoms with Gasteiger partial charge in [0.1, 0.15) is 6.10 Å². The third-order valence-electron chi connectivity index (χ3n) is 3.34. The van der Waals surface area contributed by atoms with Gasteiger partial charge in [-0.3, -0.25) is 0 Å². The van der Waals surface area contributed by atoms with Gasteiger partial charge in [0.2, 0.25) is 0 Å². The summed E-state index contributed by atoms with van der Waals surface area (Å²) in [6, 6.07) is 0.416. The lowest BCUT2D eigenvalue weighted by Crippen LogP contribution is -2.48. The van der Waals surface area contributed by atoms with Gasteiger partial charge in [-0.25, -0.2) is 9.78 Å². The van der Waals surface area contributed by atoms with E-state index in [9.17, 15) is 18.0 Å². The highest BCUT2D eigenvalue weighted by atomic mass is 19.4. The average molecular weight is 332 g/mol. The predicted molar refractivity (Wildman–Crippen MR) is 75.9 cm³/mol. The standard InChI is InChI=1S/C14H19F3N4O2/c1-9(2)19-13(22)21-7-4-10(5-8-21)23-12-18-6-3-11(20-12)14(15,16)17/h3,6,9-10H,4-5,7-8H2,1-2H3,(H,19,22). The average Bonchev–Trinajstić information content (AvgIpc) is 2.46. The molecule has 1 aliphatic heterocycles. The Hall–Kier alpha value is -2.06. The lowest BCUT2D eigenvalue weighted by atomic mass is 10.1. The van der Waals surface area contributed by atoms with Gasteiger partial charge in [-0.05, 0) is 19.9 Å². The SMILES string of the molecule is CC(C)NC(=O)N1CCC(Oc2nccc(C(F)(F)F)n2)CC1. The number of alkyl halides is 3. The third-order valence-corrected chi connectivity index (χ3v) is 3.34. The monoisotopic (exact) mass is 332 g/mol. The van der Waals surface area contributed by atoms with Crippen LogP contribution in [-0.2, 0) is 6.18 Å². The van der Waals surface area contributed by atoms with Gasteiger partial charge in [0.05, 0.1) is 0 Å². The molecule has 128 valence electrons. The minimum absolute atomic E-state index is 0.0509. The topological polar surface area (TPSA) is 67.4 Å². The highest BCUT2D eigenvalue weighted by Crippen LogP contribution is 2.28. The molecule has 0 atom stereocenters. The van der Waals surface area contributed by atoms with Crippen molar-refractivity contribution < 1.29 is 22.7 Å². The first-order valence-corrected chi connectivity index (χ1v) is 7.38. The fraction of sp³-hybridized carbons (Fsp3) is 0.643. The van der Waals surface area contributed by atoms with Crippen LogP contribution in [0.15, 0.2) is 12.3 Å². The number of aromatic nitrogens is 2. The molecule has 2 heterocycles. The Morgan fingerprint density at radius 1 is 1.39 bits per heavy atom. The summed E-state index contributed by atoms with van der Waals surface area (Å²) in [5.74, 6) is 0. The van der Waals surface area contributed by atoms with E-state index in [1.54, 1.807) is 4.90 Å². The van der Waals surface area contributed by atoms with Gasteiger partial charge in [0.25, 0.3) is 0 Å². The van der Waals surface area contributed by atoms with Crippen molar-refractivity contribution >= 4 is 6.03 Å². The van der Waals surface area contributed by atoms with Gasteiger partial charge in [0.15, 0.2) is 5.69 Å². The number of carbonyl (C=O) groups is 1. The number of hydrogen-bond acceptors (Lipinski definition) is 4. The van der Waals surface area contributed by atoms with Crippen molar-refractivity contribution in [2.75, 3.05) is 13.1 Å². The highest BCUT2D eigenvalue weighted by Gasteiger charge is 2.33. The van der Waals surface area contributed by atoms with Crippen LogP contribution in [0.1, 0.15) is 32.4 Å². The first kappa shape index (κ1) is 17.3.